The summed E-state index contributed by atoms with van der Waals surface area (Å²) in [5, 5.41) is 4.72. The summed E-state index contributed by atoms with van der Waals surface area (Å²) in [6.45, 7) is 13.5. The fourth-order valence-electron chi connectivity index (χ4n) is 6.64. The molecule has 2 heterocycles. The highest BCUT2D eigenvalue weighted by atomic mass is 16.5. The summed E-state index contributed by atoms with van der Waals surface area (Å²) in [6.07, 6.45) is 1.86. The van der Waals surface area contributed by atoms with E-state index >= 15 is 0 Å². The lowest BCUT2D eigenvalue weighted by atomic mass is 9.85. The minimum absolute atomic E-state index is 0.277. The number of benzene rings is 4. The van der Waals surface area contributed by atoms with Gasteiger partial charge in [0, 0.05) is 21.5 Å². The van der Waals surface area contributed by atoms with Crippen molar-refractivity contribution in [2.24, 2.45) is 0 Å². The Morgan fingerprint density at radius 3 is 1.36 bits per heavy atom. The number of rotatable bonds is 8. The standard InChI is InChI=1S/C36H38O3/c1-23(25-15-17-33-29(19-25)27-11-7-9-13-31(27)37-33)21-35(3,4)39-36(5,6)22-24(2)26-16-18-34-30(20-26)28-12-8-10-14-32(28)38-34/h7-20,23-24H,21-22H2,1-6H3. The van der Waals surface area contributed by atoms with Gasteiger partial charge in [0.1, 0.15) is 22.3 Å². The zero-order valence-corrected chi connectivity index (χ0v) is 23.9. The topological polar surface area (TPSA) is 35.5 Å². The summed E-state index contributed by atoms with van der Waals surface area (Å²) in [5.41, 5.74) is 5.85. The molecule has 6 aromatic rings. The molecular weight excluding hydrogens is 480 g/mol. The van der Waals surface area contributed by atoms with E-state index in [1.54, 1.807) is 0 Å². The van der Waals surface area contributed by atoms with E-state index in [1.165, 1.54) is 32.7 Å². The lowest BCUT2D eigenvalue weighted by molar-refractivity contribution is -0.133. The van der Waals surface area contributed by atoms with Crippen molar-refractivity contribution in [3.63, 3.8) is 0 Å². The first-order valence-electron chi connectivity index (χ1n) is 14.1. The van der Waals surface area contributed by atoms with Crippen molar-refractivity contribution in [3.05, 3.63) is 96.1 Å². The third-order valence-electron chi connectivity index (χ3n) is 8.09. The molecule has 39 heavy (non-hydrogen) atoms. The molecule has 0 fully saturated rings. The van der Waals surface area contributed by atoms with Crippen LogP contribution < -0.4 is 0 Å². The van der Waals surface area contributed by atoms with Crippen molar-refractivity contribution in [2.75, 3.05) is 0 Å². The molecule has 2 unspecified atom stereocenters. The Labute approximate surface area is 230 Å². The maximum Gasteiger partial charge on any atom is 0.135 e. The average molecular weight is 519 g/mol. The molecule has 4 aromatic carbocycles. The van der Waals surface area contributed by atoms with Gasteiger partial charge in [-0.2, -0.15) is 0 Å². The Kier molecular flexibility index (Phi) is 6.31. The van der Waals surface area contributed by atoms with Gasteiger partial charge in [-0.15, -0.1) is 0 Å². The summed E-state index contributed by atoms with van der Waals surface area (Å²) in [6, 6.07) is 29.8. The van der Waals surface area contributed by atoms with Crippen LogP contribution in [0.1, 0.15) is 77.3 Å². The molecule has 2 atom stereocenters. The van der Waals surface area contributed by atoms with Crippen LogP contribution >= 0.6 is 0 Å². The Bertz CT molecular complexity index is 1650. The summed E-state index contributed by atoms with van der Waals surface area (Å²) in [7, 11) is 0. The number of fused-ring (bicyclic) bond motifs is 6. The first-order chi connectivity index (χ1) is 18.6. The molecule has 0 amide bonds. The van der Waals surface area contributed by atoms with Gasteiger partial charge in [-0.1, -0.05) is 62.4 Å². The number of hydrogen-bond donors (Lipinski definition) is 0. The van der Waals surface area contributed by atoms with Gasteiger partial charge < -0.3 is 13.6 Å². The predicted molar refractivity (Wildman–Crippen MR) is 163 cm³/mol. The Balaban J connectivity index is 1.16. The van der Waals surface area contributed by atoms with Gasteiger partial charge in [-0.3, -0.25) is 0 Å². The van der Waals surface area contributed by atoms with E-state index in [4.69, 9.17) is 13.6 Å². The smallest absolute Gasteiger partial charge is 0.135 e. The molecule has 0 radical (unpaired) electrons. The first-order valence-corrected chi connectivity index (χ1v) is 14.1. The second-order valence-electron chi connectivity index (χ2n) is 12.5. The molecule has 0 N–H and O–H groups in total. The van der Waals surface area contributed by atoms with E-state index in [9.17, 15) is 0 Å². The van der Waals surface area contributed by atoms with Crippen molar-refractivity contribution in [1.29, 1.82) is 0 Å². The molecule has 200 valence electrons. The van der Waals surface area contributed by atoms with E-state index in [-0.39, 0.29) is 11.2 Å². The second kappa shape index (κ2) is 9.57. The molecule has 0 bridgehead atoms. The van der Waals surface area contributed by atoms with Crippen LogP contribution in [0.2, 0.25) is 0 Å². The Morgan fingerprint density at radius 1 is 0.538 bits per heavy atom. The van der Waals surface area contributed by atoms with Crippen molar-refractivity contribution in [3.8, 4) is 0 Å². The van der Waals surface area contributed by atoms with Gasteiger partial charge >= 0.3 is 0 Å². The SMILES string of the molecule is CC(CC(C)(C)OC(C)(C)CC(C)c1ccc2oc3ccccc3c2c1)c1ccc2oc3ccccc3c2c1. The van der Waals surface area contributed by atoms with Crippen molar-refractivity contribution in [2.45, 2.75) is 77.4 Å². The van der Waals surface area contributed by atoms with Gasteiger partial charge in [0.2, 0.25) is 0 Å². The highest BCUT2D eigenvalue weighted by Crippen LogP contribution is 2.38. The summed E-state index contributed by atoms with van der Waals surface area (Å²) in [5.74, 6) is 0.700. The molecule has 0 spiro atoms. The zero-order valence-electron chi connectivity index (χ0n) is 23.9. The monoisotopic (exact) mass is 518 g/mol. The number of furan rings is 2. The van der Waals surface area contributed by atoms with Gasteiger partial charge in [0.05, 0.1) is 11.2 Å². The second-order valence-corrected chi connectivity index (χ2v) is 12.5. The van der Waals surface area contributed by atoms with Crippen LogP contribution in [0, 0.1) is 0 Å². The van der Waals surface area contributed by atoms with Gasteiger partial charge in [-0.25, -0.2) is 0 Å². The quantitative estimate of drug-likeness (QED) is 0.201. The lowest BCUT2D eigenvalue weighted by Gasteiger charge is -2.39. The van der Waals surface area contributed by atoms with E-state index < -0.39 is 0 Å². The highest BCUT2D eigenvalue weighted by molar-refractivity contribution is 6.05. The average Bonchev–Trinajstić information content (AvgIpc) is 3.44. The van der Waals surface area contributed by atoms with Crippen molar-refractivity contribution in [1.82, 2.24) is 0 Å². The zero-order chi connectivity index (χ0) is 27.4. The van der Waals surface area contributed by atoms with E-state index in [2.05, 4.69) is 102 Å². The summed E-state index contributed by atoms with van der Waals surface area (Å²) < 4.78 is 18.9. The van der Waals surface area contributed by atoms with Crippen molar-refractivity contribution < 1.29 is 13.6 Å². The third-order valence-corrected chi connectivity index (χ3v) is 8.09. The van der Waals surface area contributed by atoms with Crippen molar-refractivity contribution >= 4 is 43.9 Å². The van der Waals surface area contributed by atoms with Gasteiger partial charge in [0.25, 0.3) is 0 Å². The van der Waals surface area contributed by atoms with E-state index in [0.717, 1.165) is 35.2 Å². The molecule has 2 aromatic heterocycles. The van der Waals surface area contributed by atoms with Crippen LogP contribution in [-0.4, -0.2) is 11.2 Å². The van der Waals surface area contributed by atoms with Crippen LogP contribution in [0.5, 0.6) is 0 Å². The predicted octanol–water partition coefficient (Wildman–Crippen LogP) is 10.7. The number of para-hydroxylation sites is 2. The number of ether oxygens (including phenoxy) is 1. The maximum atomic E-state index is 6.86. The molecule has 6 rings (SSSR count). The van der Waals surface area contributed by atoms with E-state index in [0.29, 0.717) is 11.8 Å². The van der Waals surface area contributed by atoms with Crippen LogP contribution in [0.4, 0.5) is 0 Å². The van der Waals surface area contributed by atoms with Gasteiger partial charge in [-0.05, 0) is 99.9 Å². The fraction of sp³-hybridized carbons (Fsp3) is 0.333. The normalized spacial score (nSPS) is 14.5. The molecule has 0 aliphatic rings. The van der Waals surface area contributed by atoms with E-state index in [1.807, 2.05) is 24.3 Å². The summed E-state index contributed by atoms with van der Waals surface area (Å²) in [4.78, 5) is 0. The fourth-order valence-corrected chi connectivity index (χ4v) is 6.64. The van der Waals surface area contributed by atoms with Gasteiger partial charge in [0.15, 0.2) is 0 Å². The van der Waals surface area contributed by atoms with Crippen LogP contribution in [0.3, 0.4) is 0 Å². The van der Waals surface area contributed by atoms with Crippen LogP contribution in [-0.2, 0) is 4.74 Å². The Morgan fingerprint density at radius 2 is 0.923 bits per heavy atom. The first kappa shape index (κ1) is 25.7. The van der Waals surface area contributed by atoms with Crippen LogP contribution in [0.25, 0.3) is 43.9 Å². The third kappa shape index (κ3) is 5.08. The number of hydrogen-bond acceptors (Lipinski definition) is 3. The summed E-state index contributed by atoms with van der Waals surface area (Å²) >= 11 is 0. The Hall–Kier alpha value is -3.56. The molecular formula is C36H38O3. The minimum Gasteiger partial charge on any atom is -0.456 e. The lowest BCUT2D eigenvalue weighted by Crippen LogP contribution is -2.38. The molecule has 0 aliphatic heterocycles. The molecule has 0 saturated carbocycles. The maximum absolute atomic E-state index is 6.86. The molecule has 3 heteroatoms. The highest BCUT2D eigenvalue weighted by Gasteiger charge is 2.32. The minimum atomic E-state index is -0.277. The largest absolute Gasteiger partial charge is 0.456 e. The molecule has 3 nitrogen and oxygen atoms in total. The molecule has 0 aliphatic carbocycles. The molecule has 0 saturated heterocycles. The van der Waals surface area contributed by atoms with Crippen LogP contribution in [0.15, 0.2) is 93.8 Å².